The number of pyridine rings is 1. The number of likely N-dealkylation sites (tertiary alicyclic amines) is 4. The summed E-state index contributed by atoms with van der Waals surface area (Å²) in [6.07, 6.45) is 22.8. The molecule has 16 rings (SSSR count). The number of aromatic amines is 4. The van der Waals surface area contributed by atoms with E-state index in [-0.39, 0.29) is 95.6 Å². The van der Waals surface area contributed by atoms with Crippen molar-refractivity contribution in [3.63, 3.8) is 0 Å². The van der Waals surface area contributed by atoms with Gasteiger partial charge in [0.25, 0.3) is 0 Å². The molecule has 9 heterocycles. The van der Waals surface area contributed by atoms with E-state index in [9.17, 15) is 38.4 Å². The van der Waals surface area contributed by atoms with Gasteiger partial charge in [0.05, 0.1) is 106 Å². The number of rotatable bonds is 22. The Labute approximate surface area is 700 Å². The SMILES string of the molecule is COC(=O)N[C@H](C(=O)N1C2CCC(C2)[C@H]1c1ncc(-c2ccc(-c3ccc(-c4cnc([C@@H]5CC6CCCCC6N5C(=O)[C@@H](NC(=O)OC)C(C)C)[nH]4)cc3)cc2)[nH]1)C(C)C.COC(=O)N[C@H](C(=O)N1C2CCC(C2)[C@H]1c1ncc(-c2ccc(-c3ccc(-c4cnc([C@@H]5CC6CCCCC6N5C(=O)[C@@H](NC(=O)OC)C(C)C)[nH]4)cc3)nc2)[nH]1)C(C)C. The molecule has 120 heavy (non-hydrogen) atoms. The highest BCUT2D eigenvalue weighted by Gasteiger charge is 2.55. The molecule has 4 aliphatic carbocycles. The van der Waals surface area contributed by atoms with Crippen LogP contribution >= 0.6 is 0 Å². The average molecular weight is 1640 g/mol. The Morgan fingerprint density at radius 2 is 0.625 bits per heavy atom. The standard InChI is InChI=1S/C46H58N8O6.C45H57N9O6/c1-25(2)38(51-45(57)59-5)43(55)53-33-20-19-32(21-33)40(53)42-48-24-35(50-42)30-17-13-28(14-18-30)27-11-15-29(16-12-27)34-23-47-41(49-34)37-22-31-9-7-8-10-36(31)54(37)44(56)39(26(3)4)52-46(58)60-6;1-24(2)37(51-44(57)59-5)42(55)53-31-17-15-29(19-31)39(53)41-48-23-34(50-41)30-16-18-32(46-21-30)26-11-13-27(14-12-26)33-22-47-40(49-33)36-20-28-9-7-8-10-35(28)54(36)43(56)38(25(3)4)52-45(58)60-6/h11-18,23-26,31-33,36-40H,7-10,19-22H2,1-6H3,(H,47,49)(H,48,50)(H,51,57)(H,52,58);11-14,16,18,21-25,28-29,31,35-39H,7-10,15,17,19-20H2,1-6H3,(H,47,49)(H,48,50)(H,51,57)(H,52,58)/t31?,32?,33?,36?,37-,38-,39-,40-;28?,29?,31?,35?,36-,37-,38-,39-/m00/s1. The zero-order valence-corrected chi connectivity index (χ0v) is 70.8. The summed E-state index contributed by atoms with van der Waals surface area (Å²) in [5.74, 6) is 3.65. The fourth-order valence-electron chi connectivity index (χ4n) is 20.6. The van der Waals surface area contributed by atoms with Gasteiger partial charge in [-0.2, -0.15) is 0 Å². The third-order valence-electron chi connectivity index (χ3n) is 26.8. The van der Waals surface area contributed by atoms with E-state index in [1.807, 2.05) is 136 Å². The summed E-state index contributed by atoms with van der Waals surface area (Å²) < 4.78 is 19.4. The third-order valence-corrected chi connectivity index (χ3v) is 26.8. The molecule has 3 aromatic carbocycles. The molecule has 8 amide bonds. The first-order valence-corrected chi connectivity index (χ1v) is 43.1. The quantitative estimate of drug-likeness (QED) is 0.0292. The molecule has 8 unspecified atom stereocenters. The molecule has 4 saturated heterocycles. The number of carbonyl (C=O) groups excluding carboxylic acids is 8. The number of piperidine rings is 2. The second-order valence-electron chi connectivity index (χ2n) is 35.4. The van der Waals surface area contributed by atoms with Gasteiger partial charge in [0.2, 0.25) is 23.6 Å². The molecule has 29 nitrogen and oxygen atoms in total. The van der Waals surface area contributed by atoms with Gasteiger partial charge in [-0.15, -0.1) is 0 Å². The molecule has 636 valence electrons. The molecule has 0 radical (unpaired) electrons. The van der Waals surface area contributed by atoms with Crippen LogP contribution in [0.3, 0.4) is 0 Å². The molecule has 8 aliphatic rings. The number of fused-ring (bicyclic) bond motifs is 6. The lowest BCUT2D eigenvalue weighted by Crippen LogP contribution is -2.54. The van der Waals surface area contributed by atoms with Gasteiger partial charge in [0.15, 0.2) is 0 Å². The molecule has 29 heteroatoms. The summed E-state index contributed by atoms with van der Waals surface area (Å²) >= 11 is 0. The number of imidazole rings is 4. The maximum atomic E-state index is 14.2. The molecule has 0 spiro atoms. The molecular formula is C91H115N17O12. The van der Waals surface area contributed by atoms with Crippen LogP contribution in [-0.2, 0) is 38.1 Å². The molecule has 4 saturated carbocycles. The normalized spacial score (nSPS) is 24.3. The third kappa shape index (κ3) is 17.0. The predicted octanol–water partition coefficient (Wildman–Crippen LogP) is 15.0. The second-order valence-corrected chi connectivity index (χ2v) is 35.4. The molecule has 8 fully saturated rings. The number of ether oxygens (including phenoxy) is 4. The Balaban J connectivity index is 0.000000187. The van der Waals surface area contributed by atoms with Gasteiger partial charge >= 0.3 is 24.4 Å². The molecule has 8 aromatic rings. The van der Waals surface area contributed by atoms with E-state index in [0.717, 1.165) is 193 Å². The first-order chi connectivity index (χ1) is 57.9. The van der Waals surface area contributed by atoms with E-state index in [1.165, 1.54) is 28.4 Å². The summed E-state index contributed by atoms with van der Waals surface area (Å²) in [7, 11) is 5.24. The van der Waals surface area contributed by atoms with Crippen molar-refractivity contribution < 1.29 is 57.3 Å². The lowest BCUT2D eigenvalue weighted by molar-refractivity contribution is -0.140. The lowest BCUT2D eigenvalue weighted by atomic mass is 9.84. The largest absolute Gasteiger partial charge is 0.453 e. The molecular weight excluding hydrogens is 1520 g/mol. The first-order valence-electron chi connectivity index (χ1n) is 43.1. The number of benzene rings is 3. The molecule has 8 N–H and O–H groups in total. The number of alkyl carbamates (subject to hydrolysis) is 4. The highest BCUT2D eigenvalue weighted by molar-refractivity contribution is 5.90. The van der Waals surface area contributed by atoms with Gasteiger partial charge in [-0.1, -0.05) is 154 Å². The van der Waals surface area contributed by atoms with Crippen LogP contribution < -0.4 is 21.3 Å². The van der Waals surface area contributed by atoms with E-state index in [1.54, 1.807) is 6.20 Å². The summed E-state index contributed by atoms with van der Waals surface area (Å²) in [5.41, 5.74) is 11.2. The number of aromatic nitrogens is 9. The number of methoxy groups -OCH3 is 4. The number of nitrogens with zero attached hydrogens (tertiary/aromatic N) is 9. The number of hydrogen-bond donors (Lipinski definition) is 8. The zero-order valence-electron chi connectivity index (χ0n) is 70.8. The van der Waals surface area contributed by atoms with E-state index in [0.29, 0.717) is 23.7 Å². The molecule has 16 atom stereocenters. The number of hydrogen-bond acceptors (Lipinski definition) is 17. The number of H-pyrrole nitrogens is 4. The van der Waals surface area contributed by atoms with Crippen LogP contribution in [0.15, 0.2) is 116 Å². The fraction of sp³-hybridized carbons (Fsp3) is 0.527. The minimum Gasteiger partial charge on any atom is -0.453 e. The van der Waals surface area contributed by atoms with Gasteiger partial charge < -0.3 is 79.8 Å². The maximum Gasteiger partial charge on any atom is 0.407 e. The van der Waals surface area contributed by atoms with Crippen molar-refractivity contribution in [3.8, 4) is 67.4 Å². The molecule has 4 aliphatic heterocycles. The van der Waals surface area contributed by atoms with Gasteiger partial charge in [-0.25, -0.2) is 39.1 Å². The molecule has 4 bridgehead atoms. The summed E-state index contributed by atoms with van der Waals surface area (Å²) in [4.78, 5) is 151. The van der Waals surface area contributed by atoms with Crippen molar-refractivity contribution in [2.24, 2.45) is 47.3 Å². The number of nitrogens with one attached hydrogen (secondary N) is 8. The molecule has 5 aromatic heterocycles. The minimum atomic E-state index is -0.695. The van der Waals surface area contributed by atoms with Gasteiger partial charge in [-0.05, 0) is 164 Å². The van der Waals surface area contributed by atoms with Crippen molar-refractivity contribution in [2.75, 3.05) is 28.4 Å². The zero-order chi connectivity index (χ0) is 84.5. The maximum absolute atomic E-state index is 14.2. The highest BCUT2D eigenvalue weighted by atomic mass is 16.5. The van der Waals surface area contributed by atoms with Crippen LogP contribution in [0.25, 0.3) is 67.4 Å². The van der Waals surface area contributed by atoms with E-state index in [2.05, 4.69) is 89.7 Å². The van der Waals surface area contributed by atoms with Crippen LogP contribution in [0.2, 0.25) is 0 Å². The van der Waals surface area contributed by atoms with Gasteiger partial charge in [-0.3, -0.25) is 24.2 Å². The van der Waals surface area contributed by atoms with E-state index >= 15 is 0 Å². The van der Waals surface area contributed by atoms with Crippen molar-refractivity contribution in [1.82, 2.24) is 85.7 Å². The Kier molecular flexibility index (Phi) is 25.0. The van der Waals surface area contributed by atoms with Gasteiger partial charge in [0.1, 0.15) is 47.5 Å². The first kappa shape index (κ1) is 83.7. The van der Waals surface area contributed by atoms with Crippen LogP contribution in [0, 0.1) is 47.3 Å². The second kappa shape index (κ2) is 35.9. The highest BCUT2D eigenvalue weighted by Crippen LogP contribution is 2.53. The van der Waals surface area contributed by atoms with Crippen molar-refractivity contribution in [1.29, 1.82) is 0 Å². The van der Waals surface area contributed by atoms with Gasteiger partial charge in [0, 0.05) is 41.5 Å². The number of carbonyl (C=O) groups is 8. The van der Waals surface area contributed by atoms with Crippen molar-refractivity contribution in [3.05, 3.63) is 139 Å². The predicted molar refractivity (Wildman–Crippen MR) is 450 cm³/mol. The fourth-order valence-corrected chi connectivity index (χ4v) is 20.6. The van der Waals surface area contributed by atoms with E-state index < -0.39 is 48.5 Å². The van der Waals surface area contributed by atoms with Crippen LogP contribution in [0.5, 0.6) is 0 Å². The Morgan fingerprint density at radius 3 is 0.958 bits per heavy atom. The smallest absolute Gasteiger partial charge is 0.407 e. The Morgan fingerprint density at radius 1 is 0.325 bits per heavy atom. The van der Waals surface area contributed by atoms with E-state index in [4.69, 9.17) is 43.9 Å². The summed E-state index contributed by atoms with van der Waals surface area (Å²) in [6, 6.07) is 25.8. The van der Waals surface area contributed by atoms with Crippen molar-refractivity contribution >= 4 is 48.0 Å². The van der Waals surface area contributed by atoms with Crippen LogP contribution in [-0.4, -0.2) is 189 Å². The summed E-state index contributed by atoms with van der Waals surface area (Å²) in [5, 5.41) is 11.1. The monoisotopic (exact) mass is 1640 g/mol. The Bertz CT molecular complexity index is 4670. The van der Waals surface area contributed by atoms with Crippen LogP contribution in [0.4, 0.5) is 19.2 Å². The average Bonchev–Trinajstić information content (AvgIpc) is 1.50. The van der Waals surface area contributed by atoms with Crippen molar-refractivity contribution in [2.45, 2.75) is 231 Å². The minimum absolute atomic E-state index is 0.0820. The lowest BCUT2D eigenvalue weighted by Gasteiger charge is -2.37. The summed E-state index contributed by atoms with van der Waals surface area (Å²) in [6.45, 7) is 15.5. The number of amides is 8. The van der Waals surface area contributed by atoms with Crippen LogP contribution in [0.1, 0.15) is 206 Å². The Hall–Kier alpha value is -11.4. The topological polar surface area (TPSA) is 362 Å².